The van der Waals surface area contributed by atoms with E-state index >= 15 is 0 Å². The number of nitrogens with one attached hydrogen (secondary N) is 1. The van der Waals surface area contributed by atoms with Crippen molar-refractivity contribution in [1.82, 2.24) is 24.4 Å². The van der Waals surface area contributed by atoms with Crippen molar-refractivity contribution in [3.8, 4) is 0 Å². The molecule has 4 rings (SSSR count). The molecular formula is C31H36ClN5O4. The number of hydrogen-bond acceptors (Lipinski definition) is 5. The van der Waals surface area contributed by atoms with E-state index in [9.17, 15) is 14.4 Å². The second-order valence-electron chi connectivity index (χ2n) is 10.8. The second-order valence-corrected chi connectivity index (χ2v) is 11.2. The van der Waals surface area contributed by atoms with Gasteiger partial charge in [-0.3, -0.25) is 14.2 Å². The fourth-order valence-corrected chi connectivity index (χ4v) is 4.78. The van der Waals surface area contributed by atoms with Gasteiger partial charge in [0.1, 0.15) is 11.1 Å². The molecule has 0 saturated carbocycles. The highest BCUT2D eigenvalue weighted by molar-refractivity contribution is 6.30. The number of carbonyl (C=O) groups is 2. The van der Waals surface area contributed by atoms with E-state index in [-0.39, 0.29) is 11.5 Å². The summed E-state index contributed by atoms with van der Waals surface area (Å²) in [7, 11) is 0. The van der Waals surface area contributed by atoms with Gasteiger partial charge in [0.25, 0.3) is 11.5 Å². The molecule has 1 unspecified atom stereocenters. The van der Waals surface area contributed by atoms with E-state index in [4.69, 9.17) is 21.4 Å². The third-order valence-corrected chi connectivity index (χ3v) is 6.77. The third-order valence-electron chi connectivity index (χ3n) is 6.52. The highest BCUT2D eigenvalue weighted by atomic mass is 35.5. The number of halogens is 1. The summed E-state index contributed by atoms with van der Waals surface area (Å²) in [4.78, 5) is 41.6. The lowest BCUT2D eigenvalue weighted by Gasteiger charge is -2.32. The van der Waals surface area contributed by atoms with Crippen LogP contribution in [0.1, 0.15) is 68.3 Å². The van der Waals surface area contributed by atoms with Crippen LogP contribution in [0.25, 0.3) is 5.52 Å². The average Bonchev–Trinajstić information content (AvgIpc) is 3.41. The number of carbonyl (C=O) groups excluding carboxylic acids is 2. The topological polar surface area (TPSA) is 97.9 Å². The maximum absolute atomic E-state index is 14.0. The van der Waals surface area contributed by atoms with Gasteiger partial charge in [-0.05, 0) is 75.6 Å². The van der Waals surface area contributed by atoms with Gasteiger partial charge in [0.2, 0.25) is 0 Å². The van der Waals surface area contributed by atoms with Crippen LogP contribution >= 0.6 is 11.6 Å². The van der Waals surface area contributed by atoms with Gasteiger partial charge in [0, 0.05) is 29.9 Å². The van der Waals surface area contributed by atoms with Crippen LogP contribution in [-0.4, -0.2) is 49.8 Å². The van der Waals surface area contributed by atoms with Crippen LogP contribution in [0.4, 0.5) is 4.79 Å². The number of fused-ring (bicyclic) bond motifs is 1. The molecule has 0 radical (unpaired) electrons. The zero-order chi connectivity index (χ0) is 29.6. The molecule has 1 atom stereocenters. The minimum atomic E-state index is -0.612. The summed E-state index contributed by atoms with van der Waals surface area (Å²) >= 11 is 6.09. The van der Waals surface area contributed by atoms with Crippen LogP contribution in [0.2, 0.25) is 5.02 Å². The maximum atomic E-state index is 14.0. The van der Waals surface area contributed by atoms with Gasteiger partial charge in [-0.1, -0.05) is 48.9 Å². The summed E-state index contributed by atoms with van der Waals surface area (Å²) in [5.41, 5.74) is 1.07. The molecular weight excluding hydrogens is 542 g/mol. The van der Waals surface area contributed by atoms with E-state index in [1.165, 1.54) is 0 Å². The van der Waals surface area contributed by atoms with Gasteiger partial charge < -0.3 is 15.0 Å². The molecule has 0 fully saturated rings. The predicted molar refractivity (Wildman–Crippen MR) is 159 cm³/mol. The molecule has 0 aliphatic heterocycles. The molecule has 0 aliphatic rings. The van der Waals surface area contributed by atoms with Gasteiger partial charge >= 0.3 is 6.09 Å². The molecule has 0 bridgehead atoms. The van der Waals surface area contributed by atoms with Crippen LogP contribution in [0.15, 0.2) is 77.7 Å². The van der Waals surface area contributed by atoms with E-state index < -0.39 is 17.7 Å². The summed E-state index contributed by atoms with van der Waals surface area (Å²) in [5.74, 6) is 0.256. The largest absolute Gasteiger partial charge is 0.444 e. The number of aromatic nitrogens is 3. The summed E-state index contributed by atoms with van der Waals surface area (Å²) in [6.45, 7) is 8.28. The Morgan fingerprint density at radius 2 is 1.76 bits per heavy atom. The van der Waals surface area contributed by atoms with Crippen molar-refractivity contribution in [1.29, 1.82) is 0 Å². The fraction of sp³-hybridized carbons (Fsp3) is 0.355. The van der Waals surface area contributed by atoms with Gasteiger partial charge in [0.05, 0.1) is 12.6 Å². The molecule has 0 spiro atoms. The highest BCUT2D eigenvalue weighted by Crippen LogP contribution is 2.26. The quantitative estimate of drug-likeness (QED) is 0.244. The molecule has 4 aromatic rings. The molecule has 2 aromatic heterocycles. The van der Waals surface area contributed by atoms with Crippen LogP contribution in [0, 0.1) is 0 Å². The Hall–Kier alpha value is -4.11. The standard InChI is InChI=1S/C31H36ClN5O4/c1-5-25(27-34-37-20-9-13-26(37)29(39)36(27)21-22-11-7-6-8-12-22)35(28(38)23-14-16-24(32)17-15-23)19-10-18-33-30(40)41-31(2,3)4/h6-9,11-17,20,25H,5,10,18-19,21H2,1-4H3,(H,33,40). The normalized spacial score (nSPS) is 12.2. The summed E-state index contributed by atoms with van der Waals surface area (Å²) in [6.07, 6.45) is 2.18. The Morgan fingerprint density at radius 3 is 2.41 bits per heavy atom. The Balaban J connectivity index is 1.70. The van der Waals surface area contributed by atoms with Crippen LogP contribution in [0.3, 0.4) is 0 Å². The number of nitrogens with zero attached hydrogens (tertiary/aromatic N) is 4. The SMILES string of the molecule is CCC(c1nn2cccc2c(=O)n1Cc1ccccc1)N(CCCNC(=O)OC(C)(C)C)C(=O)c1ccc(Cl)cc1. The van der Waals surface area contributed by atoms with Gasteiger partial charge in [-0.15, -0.1) is 0 Å². The molecule has 1 N–H and O–H groups in total. The first-order valence-corrected chi connectivity index (χ1v) is 14.1. The molecule has 0 saturated heterocycles. The van der Waals surface area contributed by atoms with Crippen LogP contribution in [0.5, 0.6) is 0 Å². The maximum Gasteiger partial charge on any atom is 0.407 e. The summed E-state index contributed by atoms with van der Waals surface area (Å²) in [5, 5.41) is 8.13. The highest BCUT2D eigenvalue weighted by Gasteiger charge is 2.29. The molecule has 2 heterocycles. The number of ether oxygens (including phenoxy) is 1. The first-order valence-electron chi connectivity index (χ1n) is 13.7. The molecule has 9 nitrogen and oxygen atoms in total. The van der Waals surface area contributed by atoms with E-state index in [1.54, 1.807) is 77.3 Å². The first-order chi connectivity index (χ1) is 19.6. The predicted octanol–water partition coefficient (Wildman–Crippen LogP) is 5.71. The Morgan fingerprint density at radius 1 is 1.05 bits per heavy atom. The molecule has 10 heteroatoms. The van der Waals surface area contributed by atoms with Crippen LogP contribution in [-0.2, 0) is 11.3 Å². The molecule has 2 aromatic carbocycles. The minimum absolute atomic E-state index is 0.187. The van der Waals surface area contributed by atoms with Crippen LogP contribution < -0.4 is 10.9 Å². The van der Waals surface area contributed by atoms with E-state index in [2.05, 4.69) is 5.32 Å². The van der Waals surface area contributed by atoms with E-state index in [1.807, 2.05) is 37.3 Å². The minimum Gasteiger partial charge on any atom is -0.444 e. The lowest BCUT2D eigenvalue weighted by molar-refractivity contribution is 0.0523. The third kappa shape index (κ3) is 7.55. The number of alkyl carbamates (subject to hydrolysis) is 1. The van der Waals surface area contributed by atoms with Gasteiger partial charge in [0.15, 0.2) is 5.82 Å². The Labute approximate surface area is 244 Å². The smallest absolute Gasteiger partial charge is 0.407 e. The van der Waals surface area contributed by atoms with Crippen molar-refractivity contribution >= 4 is 29.1 Å². The Kier molecular flexibility index (Phi) is 9.50. The number of rotatable bonds is 10. The van der Waals surface area contributed by atoms with Crippen molar-refractivity contribution in [3.63, 3.8) is 0 Å². The number of amides is 2. The molecule has 2 amide bonds. The van der Waals surface area contributed by atoms with Gasteiger partial charge in [-0.2, -0.15) is 5.10 Å². The van der Waals surface area contributed by atoms with Crippen molar-refractivity contribution in [2.24, 2.45) is 0 Å². The summed E-state index contributed by atoms with van der Waals surface area (Å²) in [6, 6.07) is 19.4. The number of hydrogen-bond donors (Lipinski definition) is 1. The Bertz CT molecular complexity index is 1540. The lowest BCUT2D eigenvalue weighted by atomic mass is 10.1. The molecule has 0 aliphatic carbocycles. The summed E-state index contributed by atoms with van der Waals surface area (Å²) < 4.78 is 8.55. The average molecular weight is 578 g/mol. The second kappa shape index (κ2) is 13.0. The zero-order valence-corrected chi connectivity index (χ0v) is 24.6. The molecule has 41 heavy (non-hydrogen) atoms. The van der Waals surface area contributed by atoms with Crippen molar-refractivity contribution in [3.05, 3.63) is 105 Å². The van der Waals surface area contributed by atoms with E-state index in [0.29, 0.717) is 54.4 Å². The van der Waals surface area contributed by atoms with Gasteiger partial charge in [-0.25, -0.2) is 9.31 Å². The zero-order valence-electron chi connectivity index (χ0n) is 23.8. The van der Waals surface area contributed by atoms with Crippen molar-refractivity contribution < 1.29 is 14.3 Å². The lowest BCUT2D eigenvalue weighted by Crippen LogP contribution is -2.41. The number of benzene rings is 2. The monoisotopic (exact) mass is 577 g/mol. The first kappa shape index (κ1) is 29.9. The molecule has 216 valence electrons. The van der Waals surface area contributed by atoms with E-state index in [0.717, 1.165) is 5.56 Å². The van der Waals surface area contributed by atoms with Crippen molar-refractivity contribution in [2.75, 3.05) is 13.1 Å². The van der Waals surface area contributed by atoms with Crippen molar-refractivity contribution in [2.45, 2.75) is 58.7 Å². The fourth-order valence-electron chi connectivity index (χ4n) is 4.65.